The van der Waals surface area contributed by atoms with Crippen molar-refractivity contribution >= 4 is 29.7 Å². The Hall–Kier alpha value is -3.00. The van der Waals surface area contributed by atoms with Crippen LogP contribution in [0.4, 0.5) is 4.79 Å². The molecule has 1 heterocycles. The molecule has 1 aliphatic carbocycles. The largest absolute Gasteiger partial charge is 0.480 e. The highest BCUT2D eigenvalue weighted by Gasteiger charge is 2.45. The quantitative estimate of drug-likeness (QED) is 0.559. The lowest BCUT2D eigenvalue weighted by Crippen LogP contribution is -2.62. The Bertz CT molecular complexity index is 1060. The number of hydrogen-bond donors (Lipinski definition) is 2. The number of carboxylic acid groups (broad SMARTS) is 1. The molecule has 7 nitrogen and oxygen atoms in total. The summed E-state index contributed by atoms with van der Waals surface area (Å²) in [5, 5.41) is 12.6. The van der Waals surface area contributed by atoms with Crippen LogP contribution in [0, 0.1) is 0 Å². The van der Waals surface area contributed by atoms with E-state index in [4.69, 9.17) is 4.74 Å². The van der Waals surface area contributed by atoms with Gasteiger partial charge in [-0.25, -0.2) is 9.59 Å². The fraction of sp³-hybridized carbons (Fsp3) is 0.444. The van der Waals surface area contributed by atoms with Crippen molar-refractivity contribution in [2.45, 2.75) is 50.1 Å². The van der Waals surface area contributed by atoms with E-state index in [0.717, 1.165) is 35.1 Å². The number of fused-ring (bicyclic) bond motifs is 3. The second-order valence-electron chi connectivity index (χ2n) is 9.33. The molecule has 1 saturated heterocycles. The Labute approximate surface area is 210 Å². The molecule has 1 fully saturated rings. The van der Waals surface area contributed by atoms with Gasteiger partial charge in [-0.15, -0.1) is 0 Å². The minimum Gasteiger partial charge on any atom is -0.480 e. The van der Waals surface area contributed by atoms with Crippen LogP contribution >= 0.6 is 11.8 Å². The van der Waals surface area contributed by atoms with E-state index in [0.29, 0.717) is 25.1 Å². The molecule has 2 N–H and O–H groups in total. The number of carbonyl (C=O) groups is 3. The fourth-order valence-corrected chi connectivity index (χ4v) is 5.63. The first-order valence-corrected chi connectivity index (χ1v) is 13.4. The standard InChI is InChI=1S/C27H32N2O5S/c1-27(25(31)32)14-7-8-15-29(27)24(30)23(13-16-35-2)28-26(33)34-17-22-20-11-5-3-9-18(20)19-10-4-6-12-21(19)22/h3-6,9-12,22-23H,7-8,13-17H2,1-2H3,(H,28,33)(H,31,32)/t23-,27?/m1/s1. The number of aliphatic carboxylic acids is 1. The van der Waals surface area contributed by atoms with E-state index in [-0.39, 0.29) is 18.4 Å². The summed E-state index contributed by atoms with van der Waals surface area (Å²) in [7, 11) is 0. The van der Waals surface area contributed by atoms with Crippen LogP contribution < -0.4 is 5.32 Å². The highest BCUT2D eigenvalue weighted by molar-refractivity contribution is 7.98. The Balaban J connectivity index is 1.46. The predicted molar refractivity (Wildman–Crippen MR) is 137 cm³/mol. The molecule has 4 rings (SSSR count). The first-order valence-electron chi connectivity index (χ1n) is 12.0. The maximum Gasteiger partial charge on any atom is 0.407 e. The summed E-state index contributed by atoms with van der Waals surface area (Å²) in [4.78, 5) is 39.7. The van der Waals surface area contributed by atoms with Crippen molar-refractivity contribution in [3.63, 3.8) is 0 Å². The molecule has 0 aromatic heterocycles. The minimum atomic E-state index is -1.27. The van der Waals surface area contributed by atoms with Crippen molar-refractivity contribution in [1.82, 2.24) is 10.2 Å². The monoisotopic (exact) mass is 496 g/mol. The minimum absolute atomic E-state index is 0.0779. The van der Waals surface area contributed by atoms with Gasteiger partial charge in [0.15, 0.2) is 0 Å². The Morgan fingerprint density at radius 2 is 1.74 bits per heavy atom. The second-order valence-corrected chi connectivity index (χ2v) is 10.3. The van der Waals surface area contributed by atoms with Crippen molar-refractivity contribution in [1.29, 1.82) is 0 Å². The van der Waals surface area contributed by atoms with Crippen molar-refractivity contribution in [3.05, 3.63) is 59.7 Å². The third kappa shape index (κ3) is 5.03. The number of hydrogen-bond acceptors (Lipinski definition) is 5. The Morgan fingerprint density at radius 1 is 1.11 bits per heavy atom. The number of carboxylic acids is 1. The average Bonchev–Trinajstić information content (AvgIpc) is 3.18. The van der Waals surface area contributed by atoms with Crippen LogP contribution in [0.3, 0.4) is 0 Å². The molecular weight excluding hydrogens is 464 g/mol. The predicted octanol–water partition coefficient (Wildman–Crippen LogP) is 4.50. The molecule has 1 aliphatic heterocycles. The van der Waals surface area contributed by atoms with Crippen LogP contribution in [0.15, 0.2) is 48.5 Å². The number of likely N-dealkylation sites (tertiary alicyclic amines) is 1. The van der Waals surface area contributed by atoms with Gasteiger partial charge in [-0.05, 0) is 66.9 Å². The van der Waals surface area contributed by atoms with Gasteiger partial charge in [0.2, 0.25) is 5.91 Å². The van der Waals surface area contributed by atoms with E-state index in [1.807, 2.05) is 30.5 Å². The fourth-order valence-electron chi connectivity index (χ4n) is 5.16. The van der Waals surface area contributed by atoms with Crippen LogP contribution in [0.1, 0.15) is 49.7 Å². The number of nitrogens with zero attached hydrogens (tertiary/aromatic N) is 1. The smallest absolute Gasteiger partial charge is 0.407 e. The van der Waals surface area contributed by atoms with E-state index >= 15 is 0 Å². The zero-order valence-corrected chi connectivity index (χ0v) is 21.0. The van der Waals surface area contributed by atoms with E-state index in [2.05, 4.69) is 29.6 Å². The normalized spacial score (nSPS) is 20.0. The Kier molecular flexibility index (Phi) is 7.69. The third-order valence-corrected chi connectivity index (χ3v) is 7.81. The topological polar surface area (TPSA) is 95.9 Å². The molecule has 1 unspecified atom stereocenters. The number of benzene rings is 2. The zero-order valence-electron chi connectivity index (χ0n) is 20.2. The molecule has 2 aliphatic rings. The van der Waals surface area contributed by atoms with Crippen molar-refractivity contribution in [2.75, 3.05) is 25.2 Å². The molecule has 0 bridgehead atoms. The molecule has 0 saturated carbocycles. The summed E-state index contributed by atoms with van der Waals surface area (Å²) in [6, 6.07) is 15.4. The lowest BCUT2D eigenvalue weighted by atomic mass is 9.87. The van der Waals surface area contributed by atoms with Crippen LogP contribution in [0.5, 0.6) is 0 Å². The third-order valence-electron chi connectivity index (χ3n) is 7.16. The number of carbonyl (C=O) groups excluding carboxylic acids is 2. The van der Waals surface area contributed by atoms with Crippen molar-refractivity contribution in [3.8, 4) is 11.1 Å². The number of nitrogens with one attached hydrogen (secondary N) is 1. The highest BCUT2D eigenvalue weighted by Crippen LogP contribution is 2.44. The van der Waals surface area contributed by atoms with Gasteiger partial charge in [-0.3, -0.25) is 4.79 Å². The lowest BCUT2D eigenvalue weighted by molar-refractivity contribution is -0.161. The summed E-state index contributed by atoms with van der Waals surface area (Å²) >= 11 is 1.57. The highest BCUT2D eigenvalue weighted by atomic mass is 32.2. The van der Waals surface area contributed by atoms with E-state index in [9.17, 15) is 19.5 Å². The summed E-state index contributed by atoms with van der Waals surface area (Å²) in [6.07, 6.45) is 3.55. The van der Waals surface area contributed by atoms with E-state index < -0.39 is 23.6 Å². The molecule has 0 radical (unpaired) electrons. The first-order chi connectivity index (χ1) is 16.9. The van der Waals surface area contributed by atoms with E-state index in [1.165, 1.54) is 4.90 Å². The molecule has 2 aromatic rings. The van der Waals surface area contributed by atoms with Crippen molar-refractivity contribution in [2.24, 2.45) is 0 Å². The zero-order chi connectivity index (χ0) is 25.0. The molecule has 2 aromatic carbocycles. The van der Waals surface area contributed by atoms with Gasteiger partial charge in [0.1, 0.15) is 18.2 Å². The van der Waals surface area contributed by atoms with Crippen LogP contribution in [0.25, 0.3) is 11.1 Å². The Morgan fingerprint density at radius 3 is 2.34 bits per heavy atom. The summed E-state index contributed by atoms with van der Waals surface area (Å²) in [5.41, 5.74) is 3.24. The van der Waals surface area contributed by atoms with Gasteiger partial charge < -0.3 is 20.1 Å². The lowest BCUT2D eigenvalue weighted by Gasteiger charge is -2.43. The average molecular weight is 497 g/mol. The maximum absolute atomic E-state index is 13.4. The molecular formula is C27H32N2O5S. The molecule has 186 valence electrons. The van der Waals surface area contributed by atoms with Crippen LogP contribution in [-0.2, 0) is 14.3 Å². The van der Waals surface area contributed by atoms with Gasteiger partial charge in [-0.2, -0.15) is 11.8 Å². The van der Waals surface area contributed by atoms with Gasteiger partial charge in [0, 0.05) is 12.5 Å². The number of thioether (sulfide) groups is 1. The number of ether oxygens (including phenoxy) is 1. The number of rotatable bonds is 8. The molecule has 35 heavy (non-hydrogen) atoms. The van der Waals surface area contributed by atoms with Crippen molar-refractivity contribution < 1.29 is 24.2 Å². The summed E-state index contributed by atoms with van der Waals surface area (Å²) in [5.74, 6) is -0.809. The second kappa shape index (κ2) is 10.7. The molecule has 2 atom stereocenters. The number of amides is 2. The van der Waals surface area contributed by atoms with Gasteiger partial charge in [-0.1, -0.05) is 48.5 Å². The van der Waals surface area contributed by atoms with Gasteiger partial charge in [0.25, 0.3) is 0 Å². The van der Waals surface area contributed by atoms with Gasteiger partial charge >= 0.3 is 12.1 Å². The number of alkyl carbamates (subject to hydrolysis) is 1. The van der Waals surface area contributed by atoms with Crippen LogP contribution in [-0.4, -0.2) is 64.7 Å². The molecule has 2 amide bonds. The summed E-state index contributed by atoms with van der Waals surface area (Å²) < 4.78 is 5.64. The van der Waals surface area contributed by atoms with Crippen LogP contribution in [0.2, 0.25) is 0 Å². The first kappa shape index (κ1) is 25.1. The molecule has 0 spiro atoms. The molecule has 8 heteroatoms. The van der Waals surface area contributed by atoms with E-state index in [1.54, 1.807) is 18.7 Å². The van der Waals surface area contributed by atoms with Gasteiger partial charge in [0.05, 0.1) is 0 Å². The summed E-state index contributed by atoms with van der Waals surface area (Å²) in [6.45, 7) is 2.11. The maximum atomic E-state index is 13.4. The number of piperidine rings is 1. The SMILES string of the molecule is CSCC[C@@H](NC(=O)OCC1c2ccccc2-c2ccccc21)C(=O)N1CCCCC1(C)C(=O)O.